The summed E-state index contributed by atoms with van der Waals surface area (Å²) in [5.41, 5.74) is 0. The van der Waals surface area contributed by atoms with Gasteiger partial charge in [-0.3, -0.25) is 4.99 Å². The van der Waals surface area contributed by atoms with E-state index in [1.54, 1.807) is 7.11 Å². The van der Waals surface area contributed by atoms with Gasteiger partial charge in [-0.25, -0.2) is 0 Å². The van der Waals surface area contributed by atoms with Crippen LogP contribution in [0.4, 0.5) is 0 Å². The molecule has 1 aliphatic carbocycles. The van der Waals surface area contributed by atoms with Crippen molar-refractivity contribution in [1.29, 1.82) is 0 Å². The van der Waals surface area contributed by atoms with E-state index >= 15 is 0 Å². The Balaban J connectivity index is 0.00000400. The second-order valence-electron chi connectivity index (χ2n) is 5.13. The van der Waals surface area contributed by atoms with Crippen LogP contribution in [0.2, 0.25) is 0 Å². The predicted octanol–water partition coefficient (Wildman–Crippen LogP) is 0.983. The fourth-order valence-corrected chi connectivity index (χ4v) is 1.67. The normalized spacial score (nSPS) is 16.2. The summed E-state index contributed by atoms with van der Waals surface area (Å²) in [6.45, 7) is 5.83. The van der Waals surface area contributed by atoms with Crippen molar-refractivity contribution >= 4 is 29.9 Å². The Hall–Kier alpha value is -0.120. The fraction of sp³-hybridized carbons (Fsp3) is 0.929. The first kappa shape index (κ1) is 20.9. The Morgan fingerprint density at radius 3 is 2.76 bits per heavy atom. The molecule has 21 heavy (non-hydrogen) atoms. The third-order valence-corrected chi connectivity index (χ3v) is 2.98. The third-order valence-electron chi connectivity index (χ3n) is 2.98. The van der Waals surface area contributed by atoms with Gasteiger partial charge >= 0.3 is 0 Å². The largest absolute Gasteiger partial charge is 0.389 e. The Morgan fingerprint density at radius 1 is 1.38 bits per heavy atom. The molecule has 0 bridgehead atoms. The number of methoxy groups -OCH3 is 1. The minimum Gasteiger partial charge on any atom is -0.389 e. The van der Waals surface area contributed by atoms with Crippen LogP contribution in [-0.2, 0) is 9.47 Å². The van der Waals surface area contributed by atoms with Crippen molar-refractivity contribution in [3.8, 4) is 0 Å². The summed E-state index contributed by atoms with van der Waals surface area (Å²) in [5.74, 6) is 1.45. The molecule has 1 fully saturated rings. The van der Waals surface area contributed by atoms with Gasteiger partial charge in [0.05, 0.1) is 19.3 Å². The number of ether oxygens (including phenoxy) is 2. The molecule has 7 heteroatoms. The minimum absolute atomic E-state index is 0. The van der Waals surface area contributed by atoms with Crippen LogP contribution in [0.1, 0.15) is 26.2 Å². The van der Waals surface area contributed by atoms with Crippen LogP contribution in [-0.4, -0.2) is 63.7 Å². The lowest BCUT2D eigenvalue weighted by Crippen LogP contribution is -2.38. The lowest BCUT2D eigenvalue weighted by atomic mass is 10.4. The number of aliphatic imine (C=N–C) groups is 1. The van der Waals surface area contributed by atoms with E-state index in [9.17, 15) is 5.11 Å². The van der Waals surface area contributed by atoms with Gasteiger partial charge in [0.25, 0.3) is 0 Å². The topological polar surface area (TPSA) is 75.1 Å². The van der Waals surface area contributed by atoms with Gasteiger partial charge in [0.1, 0.15) is 0 Å². The quantitative estimate of drug-likeness (QED) is 0.203. The van der Waals surface area contributed by atoms with Crippen molar-refractivity contribution in [2.45, 2.75) is 32.3 Å². The first-order valence-corrected chi connectivity index (χ1v) is 7.53. The van der Waals surface area contributed by atoms with E-state index < -0.39 is 6.10 Å². The van der Waals surface area contributed by atoms with E-state index in [0.29, 0.717) is 13.2 Å². The first-order valence-electron chi connectivity index (χ1n) is 7.53. The van der Waals surface area contributed by atoms with E-state index in [2.05, 4.69) is 15.6 Å². The summed E-state index contributed by atoms with van der Waals surface area (Å²) in [7, 11) is 1.69. The van der Waals surface area contributed by atoms with Crippen LogP contribution in [0.5, 0.6) is 0 Å². The zero-order chi connectivity index (χ0) is 14.6. The van der Waals surface area contributed by atoms with Crippen LogP contribution in [0.25, 0.3) is 0 Å². The molecule has 0 aromatic heterocycles. The number of hydrogen-bond acceptors (Lipinski definition) is 4. The molecule has 126 valence electrons. The van der Waals surface area contributed by atoms with Gasteiger partial charge in [-0.15, -0.1) is 24.0 Å². The Morgan fingerprint density at radius 2 is 2.14 bits per heavy atom. The van der Waals surface area contributed by atoms with E-state index in [1.807, 2.05) is 6.92 Å². The minimum atomic E-state index is -0.539. The molecule has 6 nitrogen and oxygen atoms in total. The SMILES string of the molecule is CCNC(=NCC(O)COCC1CC1)NCCCOC.I. The highest BCUT2D eigenvalue weighted by atomic mass is 127. The molecule has 0 spiro atoms. The number of nitrogens with one attached hydrogen (secondary N) is 2. The molecule has 1 rings (SSSR count). The van der Waals surface area contributed by atoms with Crippen molar-refractivity contribution < 1.29 is 14.6 Å². The summed E-state index contributed by atoms with van der Waals surface area (Å²) < 4.78 is 10.4. The van der Waals surface area contributed by atoms with E-state index in [0.717, 1.165) is 44.6 Å². The second-order valence-corrected chi connectivity index (χ2v) is 5.13. The molecule has 0 aromatic rings. The van der Waals surface area contributed by atoms with Crippen LogP contribution in [0, 0.1) is 5.92 Å². The molecule has 0 amide bonds. The standard InChI is InChI=1S/C14H29N3O3.HI/c1-3-15-14(16-7-4-8-19-2)17-9-13(18)11-20-10-12-5-6-12;/h12-13,18H,3-11H2,1-2H3,(H2,15,16,17);1H. The Labute approximate surface area is 145 Å². The average molecular weight is 415 g/mol. The number of aliphatic hydroxyl groups is 1. The van der Waals surface area contributed by atoms with Crippen molar-refractivity contribution in [2.24, 2.45) is 10.9 Å². The van der Waals surface area contributed by atoms with Crippen LogP contribution < -0.4 is 10.6 Å². The highest BCUT2D eigenvalue weighted by Gasteiger charge is 2.21. The number of hydrogen-bond donors (Lipinski definition) is 3. The average Bonchev–Trinajstić information content (AvgIpc) is 3.25. The van der Waals surface area contributed by atoms with Crippen molar-refractivity contribution in [2.75, 3.05) is 46.6 Å². The van der Waals surface area contributed by atoms with Gasteiger partial charge in [0, 0.05) is 33.4 Å². The van der Waals surface area contributed by atoms with E-state index in [-0.39, 0.29) is 24.0 Å². The monoisotopic (exact) mass is 415 g/mol. The lowest BCUT2D eigenvalue weighted by Gasteiger charge is -2.13. The highest BCUT2D eigenvalue weighted by Crippen LogP contribution is 2.28. The van der Waals surface area contributed by atoms with Crippen molar-refractivity contribution in [1.82, 2.24) is 10.6 Å². The molecule has 0 heterocycles. The molecular weight excluding hydrogens is 385 g/mol. The van der Waals surface area contributed by atoms with Gasteiger partial charge in [-0.05, 0) is 32.1 Å². The molecule has 0 aromatic carbocycles. The summed E-state index contributed by atoms with van der Waals surface area (Å²) in [6.07, 6.45) is 2.92. The molecule has 0 aliphatic heterocycles. The lowest BCUT2D eigenvalue weighted by molar-refractivity contribution is 0.0368. The number of halogens is 1. The van der Waals surface area contributed by atoms with E-state index in [1.165, 1.54) is 12.8 Å². The molecule has 3 N–H and O–H groups in total. The van der Waals surface area contributed by atoms with Crippen molar-refractivity contribution in [3.05, 3.63) is 0 Å². The maximum Gasteiger partial charge on any atom is 0.191 e. The van der Waals surface area contributed by atoms with Gasteiger partial charge in [0.15, 0.2) is 5.96 Å². The Kier molecular flexibility index (Phi) is 13.5. The van der Waals surface area contributed by atoms with E-state index in [4.69, 9.17) is 9.47 Å². The summed E-state index contributed by atoms with van der Waals surface area (Å²) in [6, 6.07) is 0. The summed E-state index contributed by atoms with van der Waals surface area (Å²) >= 11 is 0. The maximum atomic E-state index is 9.80. The Bertz CT molecular complexity index is 276. The van der Waals surface area contributed by atoms with Crippen molar-refractivity contribution in [3.63, 3.8) is 0 Å². The highest BCUT2D eigenvalue weighted by molar-refractivity contribution is 14.0. The van der Waals surface area contributed by atoms with Gasteiger partial charge in [-0.2, -0.15) is 0 Å². The molecule has 1 saturated carbocycles. The maximum absolute atomic E-state index is 9.80. The molecule has 1 unspecified atom stereocenters. The third kappa shape index (κ3) is 12.1. The number of nitrogens with zero attached hydrogens (tertiary/aromatic N) is 1. The van der Waals surface area contributed by atoms with Gasteiger partial charge in [-0.1, -0.05) is 0 Å². The molecule has 0 saturated heterocycles. The predicted molar refractivity (Wildman–Crippen MR) is 95.4 cm³/mol. The summed E-state index contributed by atoms with van der Waals surface area (Å²) in [4.78, 5) is 4.35. The molecular formula is C14H30IN3O3. The summed E-state index contributed by atoms with van der Waals surface area (Å²) in [5, 5.41) is 16.1. The smallest absolute Gasteiger partial charge is 0.191 e. The molecule has 0 radical (unpaired) electrons. The molecule has 1 atom stereocenters. The van der Waals surface area contributed by atoms with Gasteiger partial charge < -0.3 is 25.2 Å². The van der Waals surface area contributed by atoms with Gasteiger partial charge in [0.2, 0.25) is 0 Å². The number of guanidine groups is 1. The van der Waals surface area contributed by atoms with Crippen LogP contribution >= 0.6 is 24.0 Å². The second kappa shape index (κ2) is 13.5. The van der Waals surface area contributed by atoms with Crippen LogP contribution in [0.3, 0.4) is 0 Å². The first-order chi connectivity index (χ1) is 9.76. The van der Waals surface area contributed by atoms with Crippen LogP contribution in [0.15, 0.2) is 4.99 Å². The zero-order valence-corrected chi connectivity index (χ0v) is 15.5. The molecule has 1 aliphatic rings. The number of rotatable bonds is 11. The number of aliphatic hydroxyl groups excluding tert-OH is 1. The fourth-order valence-electron chi connectivity index (χ4n) is 1.67. The zero-order valence-electron chi connectivity index (χ0n) is 13.1.